The number of nitro benzene ring substituents is 1. The fourth-order valence-electron chi connectivity index (χ4n) is 1.74. The van der Waals surface area contributed by atoms with E-state index in [0.717, 1.165) is 5.56 Å². The summed E-state index contributed by atoms with van der Waals surface area (Å²) in [6.45, 7) is 0.364. The van der Waals surface area contributed by atoms with Gasteiger partial charge >= 0.3 is 0 Å². The maximum atomic E-state index is 10.9. The molecule has 0 spiro atoms. The maximum Gasteiger partial charge on any atom is 0.283 e. The predicted octanol–water partition coefficient (Wildman–Crippen LogP) is 4.49. The van der Waals surface area contributed by atoms with Crippen molar-refractivity contribution < 1.29 is 4.92 Å². The third kappa shape index (κ3) is 3.72. The molecule has 0 aliphatic carbocycles. The van der Waals surface area contributed by atoms with Gasteiger partial charge in [-0.2, -0.15) is 5.26 Å². The zero-order chi connectivity index (χ0) is 15.4. The first-order valence-corrected chi connectivity index (χ1v) is 7.04. The molecule has 0 aliphatic heterocycles. The molecule has 21 heavy (non-hydrogen) atoms. The normalized spacial score (nSPS) is 9.95. The van der Waals surface area contributed by atoms with Crippen molar-refractivity contribution in [1.82, 2.24) is 0 Å². The summed E-state index contributed by atoms with van der Waals surface area (Å²) in [7, 11) is 0. The van der Waals surface area contributed by atoms with Crippen molar-refractivity contribution in [2.45, 2.75) is 6.54 Å². The molecule has 2 rings (SSSR count). The van der Waals surface area contributed by atoms with E-state index in [-0.39, 0.29) is 5.69 Å². The van der Waals surface area contributed by atoms with Crippen molar-refractivity contribution in [1.29, 1.82) is 5.26 Å². The Bertz CT molecular complexity index is 743. The summed E-state index contributed by atoms with van der Waals surface area (Å²) in [6, 6.07) is 11.8. The van der Waals surface area contributed by atoms with E-state index in [2.05, 4.69) is 21.2 Å². The molecular weight excluding hydrogens is 358 g/mol. The Morgan fingerprint density at radius 2 is 2.10 bits per heavy atom. The van der Waals surface area contributed by atoms with Crippen LogP contribution in [0, 0.1) is 21.4 Å². The van der Waals surface area contributed by atoms with E-state index in [1.165, 1.54) is 6.07 Å². The van der Waals surface area contributed by atoms with E-state index >= 15 is 0 Å². The molecule has 7 heteroatoms. The molecule has 2 aromatic carbocycles. The van der Waals surface area contributed by atoms with E-state index in [9.17, 15) is 10.1 Å². The molecule has 0 unspecified atom stereocenters. The Hall–Kier alpha value is -2.10. The molecule has 0 aromatic heterocycles. The van der Waals surface area contributed by atoms with Crippen molar-refractivity contribution in [2.75, 3.05) is 5.32 Å². The molecule has 0 saturated heterocycles. The highest BCUT2D eigenvalue weighted by molar-refractivity contribution is 9.10. The number of nitro groups is 1. The monoisotopic (exact) mass is 365 g/mol. The largest absolute Gasteiger partial charge is 0.380 e. The average molecular weight is 367 g/mol. The van der Waals surface area contributed by atoms with Crippen molar-refractivity contribution in [2.24, 2.45) is 0 Å². The van der Waals surface area contributed by atoms with E-state index in [1.54, 1.807) is 30.3 Å². The smallest absolute Gasteiger partial charge is 0.283 e. The summed E-state index contributed by atoms with van der Waals surface area (Å²) in [6.07, 6.45) is 0. The van der Waals surface area contributed by atoms with Crippen LogP contribution in [-0.4, -0.2) is 4.92 Å². The van der Waals surface area contributed by atoms with Crippen LogP contribution in [-0.2, 0) is 6.54 Å². The second kappa shape index (κ2) is 6.57. The number of nitrogens with one attached hydrogen (secondary N) is 1. The lowest BCUT2D eigenvalue weighted by Gasteiger charge is -2.09. The Kier molecular flexibility index (Phi) is 4.78. The number of benzene rings is 2. The third-order valence-electron chi connectivity index (χ3n) is 2.79. The predicted molar refractivity (Wildman–Crippen MR) is 84.3 cm³/mol. The SMILES string of the molecule is N#Cc1ccc(Cl)c(NCc2ccc(Br)c([N+](=O)[O-])c2)c1. The third-order valence-corrected chi connectivity index (χ3v) is 3.79. The Labute approximate surface area is 134 Å². The van der Waals surface area contributed by atoms with Crippen LogP contribution in [0.1, 0.15) is 11.1 Å². The summed E-state index contributed by atoms with van der Waals surface area (Å²) < 4.78 is 0.431. The molecule has 1 N–H and O–H groups in total. The molecule has 2 aromatic rings. The van der Waals surface area contributed by atoms with Crippen LogP contribution in [0.4, 0.5) is 11.4 Å². The van der Waals surface area contributed by atoms with Crippen molar-refractivity contribution >= 4 is 38.9 Å². The number of halogens is 2. The van der Waals surface area contributed by atoms with Gasteiger partial charge in [-0.3, -0.25) is 10.1 Å². The van der Waals surface area contributed by atoms with E-state index in [1.807, 2.05) is 6.07 Å². The Morgan fingerprint density at radius 3 is 2.76 bits per heavy atom. The minimum atomic E-state index is -0.448. The molecule has 0 fully saturated rings. The maximum absolute atomic E-state index is 10.9. The van der Waals surface area contributed by atoms with Gasteiger partial charge in [0.1, 0.15) is 0 Å². The fraction of sp³-hybridized carbons (Fsp3) is 0.0714. The zero-order valence-corrected chi connectivity index (χ0v) is 13.0. The van der Waals surface area contributed by atoms with Crippen molar-refractivity contribution in [3.05, 3.63) is 67.1 Å². The number of hydrogen-bond acceptors (Lipinski definition) is 4. The second-order valence-corrected chi connectivity index (χ2v) is 5.46. The van der Waals surface area contributed by atoms with Gasteiger partial charge in [0, 0.05) is 12.6 Å². The number of anilines is 1. The van der Waals surface area contributed by atoms with Gasteiger partial charge in [0.25, 0.3) is 5.69 Å². The summed E-state index contributed by atoms with van der Waals surface area (Å²) >= 11 is 9.18. The van der Waals surface area contributed by atoms with Gasteiger partial charge in [0.15, 0.2) is 0 Å². The fourth-order valence-corrected chi connectivity index (χ4v) is 2.31. The number of hydrogen-bond donors (Lipinski definition) is 1. The topological polar surface area (TPSA) is 79.0 Å². The highest BCUT2D eigenvalue weighted by atomic mass is 79.9. The highest BCUT2D eigenvalue weighted by Gasteiger charge is 2.12. The van der Waals surface area contributed by atoms with Crippen LogP contribution in [0.25, 0.3) is 0 Å². The van der Waals surface area contributed by atoms with Gasteiger partial charge in [-0.25, -0.2) is 0 Å². The minimum Gasteiger partial charge on any atom is -0.380 e. The van der Waals surface area contributed by atoms with Crippen LogP contribution < -0.4 is 5.32 Å². The molecule has 0 atom stereocenters. The molecular formula is C14H9BrClN3O2. The van der Waals surface area contributed by atoms with Crippen molar-refractivity contribution in [3.8, 4) is 6.07 Å². The minimum absolute atomic E-state index is 0.00572. The number of rotatable bonds is 4. The van der Waals surface area contributed by atoms with Gasteiger partial charge in [-0.1, -0.05) is 17.7 Å². The van der Waals surface area contributed by atoms with Crippen LogP contribution in [0.15, 0.2) is 40.9 Å². The average Bonchev–Trinajstić information content (AvgIpc) is 2.47. The highest BCUT2D eigenvalue weighted by Crippen LogP contribution is 2.27. The molecule has 0 radical (unpaired) electrons. The van der Waals surface area contributed by atoms with Gasteiger partial charge in [0.2, 0.25) is 0 Å². The first-order chi connectivity index (χ1) is 10.0. The van der Waals surface area contributed by atoms with Crippen LogP contribution in [0.2, 0.25) is 5.02 Å². The molecule has 0 aliphatic rings. The zero-order valence-electron chi connectivity index (χ0n) is 10.6. The molecule has 0 amide bonds. The lowest BCUT2D eigenvalue weighted by atomic mass is 10.2. The molecule has 0 bridgehead atoms. The molecule has 0 saturated carbocycles. The standard InChI is InChI=1S/C14H9BrClN3O2/c15-11-3-1-10(6-14(11)19(20)21)8-18-13-5-9(7-17)2-4-12(13)16/h1-6,18H,8H2. The number of nitrogens with zero attached hydrogens (tertiary/aromatic N) is 2. The van der Waals surface area contributed by atoms with Gasteiger partial charge in [-0.15, -0.1) is 0 Å². The van der Waals surface area contributed by atoms with E-state index in [0.29, 0.717) is 27.3 Å². The first kappa shape index (κ1) is 15.3. The molecule has 106 valence electrons. The van der Waals surface area contributed by atoms with Gasteiger partial charge in [-0.05, 0) is 45.8 Å². The Balaban J connectivity index is 2.19. The molecule has 0 heterocycles. The lowest BCUT2D eigenvalue weighted by Crippen LogP contribution is -2.01. The van der Waals surface area contributed by atoms with E-state index < -0.39 is 4.92 Å². The van der Waals surface area contributed by atoms with Gasteiger partial charge < -0.3 is 5.32 Å². The van der Waals surface area contributed by atoms with Crippen LogP contribution in [0.3, 0.4) is 0 Å². The molecule has 5 nitrogen and oxygen atoms in total. The summed E-state index contributed by atoms with van der Waals surface area (Å²) in [5.74, 6) is 0. The summed E-state index contributed by atoms with van der Waals surface area (Å²) in [5, 5.41) is 23.3. The quantitative estimate of drug-likeness (QED) is 0.638. The summed E-state index contributed by atoms with van der Waals surface area (Å²) in [4.78, 5) is 10.4. The van der Waals surface area contributed by atoms with Crippen molar-refractivity contribution in [3.63, 3.8) is 0 Å². The lowest BCUT2D eigenvalue weighted by molar-refractivity contribution is -0.385. The Morgan fingerprint density at radius 1 is 1.33 bits per heavy atom. The van der Waals surface area contributed by atoms with Gasteiger partial charge in [0.05, 0.1) is 31.7 Å². The van der Waals surface area contributed by atoms with Crippen LogP contribution in [0.5, 0.6) is 0 Å². The van der Waals surface area contributed by atoms with E-state index in [4.69, 9.17) is 16.9 Å². The number of nitriles is 1. The van der Waals surface area contributed by atoms with Crippen LogP contribution >= 0.6 is 27.5 Å². The summed E-state index contributed by atoms with van der Waals surface area (Å²) in [5.41, 5.74) is 1.85. The first-order valence-electron chi connectivity index (χ1n) is 5.87. The second-order valence-electron chi connectivity index (χ2n) is 4.20.